The van der Waals surface area contributed by atoms with E-state index in [1.165, 1.54) is 16.8 Å². The zero-order valence-electron chi connectivity index (χ0n) is 8.49. The van der Waals surface area contributed by atoms with Gasteiger partial charge in [0.2, 0.25) is 0 Å². The normalized spacial score (nSPS) is 10.4. The van der Waals surface area contributed by atoms with Gasteiger partial charge in [0.15, 0.2) is 0 Å². The Morgan fingerprint density at radius 2 is 1.79 bits per heavy atom. The van der Waals surface area contributed by atoms with Gasteiger partial charge in [0.25, 0.3) is 0 Å². The van der Waals surface area contributed by atoms with Crippen molar-refractivity contribution in [2.45, 2.75) is 6.92 Å². The zero-order valence-corrected chi connectivity index (χ0v) is 8.49. The number of nitrogens with zero attached hydrogens (tertiary/aromatic N) is 1. The van der Waals surface area contributed by atoms with Gasteiger partial charge >= 0.3 is 0 Å². The summed E-state index contributed by atoms with van der Waals surface area (Å²) >= 11 is 0. The molecule has 1 aromatic heterocycles. The summed E-state index contributed by atoms with van der Waals surface area (Å²) in [5, 5.41) is 0. The van der Waals surface area contributed by atoms with Crippen molar-refractivity contribution >= 4 is 5.82 Å². The Balaban J connectivity index is 2.60. The van der Waals surface area contributed by atoms with Crippen LogP contribution in [-0.2, 0) is 7.05 Å². The van der Waals surface area contributed by atoms with Gasteiger partial charge in [0.05, 0.1) is 0 Å². The highest BCUT2D eigenvalue weighted by atomic mass is 15.0. The van der Waals surface area contributed by atoms with E-state index in [1.807, 2.05) is 29.8 Å². The number of aryl methyl sites for hydroxylation is 1. The summed E-state index contributed by atoms with van der Waals surface area (Å²) in [6.07, 6.45) is 0. The molecule has 0 aliphatic heterocycles. The molecule has 2 aromatic rings. The number of hydrogen-bond acceptors (Lipinski definition) is 1. The number of rotatable bonds is 1. The SMILES string of the molecule is Cc1ccccc1-c1ccc(N)n1C. The van der Waals surface area contributed by atoms with Crippen molar-refractivity contribution < 1.29 is 0 Å². The lowest BCUT2D eigenvalue weighted by atomic mass is 10.1. The number of aromatic nitrogens is 1. The minimum absolute atomic E-state index is 0.795. The van der Waals surface area contributed by atoms with E-state index in [4.69, 9.17) is 5.73 Å². The third-order valence-electron chi connectivity index (χ3n) is 2.58. The molecule has 2 N–H and O–H groups in total. The van der Waals surface area contributed by atoms with Gasteiger partial charge in [-0.1, -0.05) is 24.3 Å². The summed E-state index contributed by atoms with van der Waals surface area (Å²) in [6, 6.07) is 12.3. The first kappa shape index (κ1) is 8.88. The Morgan fingerprint density at radius 3 is 2.36 bits per heavy atom. The molecule has 0 amide bonds. The van der Waals surface area contributed by atoms with Crippen molar-refractivity contribution in [1.82, 2.24) is 4.57 Å². The van der Waals surface area contributed by atoms with Gasteiger partial charge in [-0.2, -0.15) is 0 Å². The van der Waals surface area contributed by atoms with E-state index in [1.54, 1.807) is 0 Å². The van der Waals surface area contributed by atoms with Crippen LogP contribution in [0.25, 0.3) is 11.3 Å². The van der Waals surface area contributed by atoms with Crippen molar-refractivity contribution in [2.75, 3.05) is 5.73 Å². The van der Waals surface area contributed by atoms with Crippen molar-refractivity contribution in [3.63, 3.8) is 0 Å². The molecule has 0 bridgehead atoms. The van der Waals surface area contributed by atoms with Crippen LogP contribution in [0.3, 0.4) is 0 Å². The number of anilines is 1. The fourth-order valence-corrected chi connectivity index (χ4v) is 1.66. The maximum absolute atomic E-state index is 5.79. The fourth-order valence-electron chi connectivity index (χ4n) is 1.66. The van der Waals surface area contributed by atoms with Gasteiger partial charge in [-0.25, -0.2) is 0 Å². The third-order valence-corrected chi connectivity index (χ3v) is 2.58. The fraction of sp³-hybridized carbons (Fsp3) is 0.167. The largest absolute Gasteiger partial charge is 0.385 e. The molecule has 0 saturated carbocycles. The molecule has 2 rings (SSSR count). The van der Waals surface area contributed by atoms with Gasteiger partial charge in [-0.15, -0.1) is 0 Å². The van der Waals surface area contributed by atoms with E-state index in [0.29, 0.717) is 0 Å². The van der Waals surface area contributed by atoms with Crippen LogP contribution in [0.15, 0.2) is 36.4 Å². The molecule has 1 heterocycles. The smallest absolute Gasteiger partial charge is 0.103 e. The summed E-state index contributed by atoms with van der Waals surface area (Å²) in [4.78, 5) is 0. The summed E-state index contributed by atoms with van der Waals surface area (Å²) in [6.45, 7) is 2.11. The maximum atomic E-state index is 5.79. The molecule has 0 spiro atoms. The van der Waals surface area contributed by atoms with Crippen LogP contribution < -0.4 is 5.73 Å². The summed E-state index contributed by atoms with van der Waals surface area (Å²) in [5.41, 5.74) is 9.47. The minimum Gasteiger partial charge on any atom is -0.385 e. The quantitative estimate of drug-likeness (QED) is 0.729. The highest BCUT2D eigenvalue weighted by Gasteiger charge is 2.05. The molecule has 0 aliphatic carbocycles. The maximum Gasteiger partial charge on any atom is 0.103 e. The standard InChI is InChI=1S/C12H14N2/c1-9-5-3-4-6-10(9)11-7-8-12(13)14(11)2/h3-8H,13H2,1-2H3. The number of nitrogen functional groups attached to an aromatic ring is 1. The Hall–Kier alpha value is -1.70. The molecular weight excluding hydrogens is 172 g/mol. The van der Waals surface area contributed by atoms with Gasteiger partial charge in [0, 0.05) is 18.3 Å². The van der Waals surface area contributed by atoms with E-state index in [9.17, 15) is 0 Å². The number of nitrogens with two attached hydrogens (primary N) is 1. The number of hydrogen-bond donors (Lipinski definition) is 1. The Labute approximate surface area is 84.0 Å². The molecular formula is C12H14N2. The summed E-state index contributed by atoms with van der Waals surface area (Å²) in [7, 11) is 1.98. The second kappa shape index (κ2) is 3.22. The van der Waals surface area contributed by atoms with Gasteiger partial charge < -0.3 is 10.3 Å². The predicted octanol–water partition coefficient (Wildman–Crippen LogP) is 2.58. The van der Waals surface area contributed by atoms with Crippen molar-refractivity contribution in [2.24, 2.45) is 7.05 Å². The Morgan fingerprint density at radius 1 is 1.07 bits per heavy atom. The number of benzene rings is 1. The van der Waals surface area contributed by atoms with Crippen LogP contribution in [0.2, 0.25) is 0 Å². The van der Waals surface area contributed by atoms with Crippen molar-refractivity contribution in [1.29, 1.82) is 0 Å². The predicted molar refractivity (Wildman–Crippen MR) is 60.0 cm³/mol. The molecule has 0 radical (unpaired) electrons. The van der Waals surface area contributed by atoms with Crippen LogP contribution >= 0.6 is 0 Å². The molecule has 0 saturated heterocycles. The first-order chi connectivity index (χ1) is 6.70. The lowest BCUT2D eigenvalue weighted by Crippen LogP contribution is -1.98. The second-order valence-electron chi connectivity index (χ2n) is 3.52. The molecule has 0 fully saturated rings. The highest BCUT2D eigenvalue weighted by molar-refractivity contribution is 5.66. The molecule has 2 nitrogen and oxygen atoms in total. The van der Waals surface area contributed by atoms with Crippen LogP contribution in [0.4, 0.5) is 5.82 Å². The summed E-state index contributed by atoms with van der Waals surface area (Å²) in [5.74, 6) is 0.795. The average Bonchev–Trinajstić information content (AvgIpc) is 2.49. The van der Waals surface area contributed by atoms with Crippen molar-refractivity contribution in [3.05, 3.63) is 42.0 Å². The van der Waals surface area contributed by atoms with Crippen LogP contribution in [-0.4, -0.2) is 4.57 Å². The average molecular weight is 186 g/mol. The van der Waals surface area contributed by atoms with Gasteiger partial charge in [-0.3, -0.25) is 0 Å². The molecule has 0 unspecified atom stereocenters. The van der Waals surface area contributed by atoms with Crippen LogP contribution in [0, 0.1) is 6.92 Å². The molecule has 14 heavy (non-hydrogen) atoms. The monoisotopic (exact) mass is 186 g/mol. The molecule has 0 aliphatic rings. The highest BCUT2D eigenvalue weighted by Crippen LogP contribution is 2.25. The Kier molecular flexibility index (Phi) is 2.04. The molecule has 2 heteroatoms. The van der Waals surface area contributed by atoms with E-state index in [2.05, 4.69) is 25.1 Å². The molecule has 72 valence electrons. The van der Waals surface area contributed by atoms with Crippen molar-refractivity contribution in [3.8, 4) is 11.3 Å². The molecule has 1 aromatic carbocycles. The van der Waals surface area contributed by atoms with E-state index in [-0.39, 0.29) is 0 Å². The first-order valence-electron chi connectivity index (χ1n) is 4.67. The van der Waals surface area contributed by atoms with Gasteiger partial charge in [0.1, 0.15) is 5.82 Å². The second-order valence-corrected chi connectivity index (χ2v) is 3.52. The zero-order chi connectivity index (χ0) is 10.1. The van der Waals surface area contributed by atoms with Crippen LogP contribution in [0.1, 0.15) is 5.56 Å². The molecule has 0 atom stereocenters. The lowest BCUT2D eigenvalue weighted by molar-refractivity contribution is 0.949. The van der Waals surface area contributed by atoms with E-state index >= 15 is 0 Å². The van der Waals surface area contributed by atoms with Crippen LogP contribution in [0.5, 0.6) is 0 Å². The lowest BCUT2D eigenvalue weighted by Gasteiger charge is -2.07. The first-order valence-corrected chi connectivity index (χ1v) is 4.67. The third kappa shape index (κ3) is 1.29. The van der Waals surface area contributed by atoms with E-state index in [0.717, 1.165) is 5.82 Å². The van der Waals surface area contributed by atoms with Gasteiger partial charge in [-0.05, 0) is 24.6 Å². The Bertz CT molecular complexity index is 455. The van der Waals surface area contributed by atoms with E-state index < -0.39 is 0 Å². The topological polar surface area (TPSA) is 30.9 Å². The minimum atomic E-state index is 0.795. The summed E-state index contributed by atoms with van der Waals surface area (Å²) < 4.78 is 2.00.